The second-order valence-corrected chi connectivity index (χ2v) is 3.98. The van der Waals surface area contributed by atoms with Gasteiger partial charge in [-0.1, -0.05) is 30.3 Å². The van der Waals surface area contributed by atoms with Crippen LogP contribution in [0.2, 0.25) is 0 Å². The summed E-state index contributed by atoms with van der Waals surface area (Å²) < 4.78 is 5.63. The Bertz CT molecular complexity index is 566. The van der Waals surface area contributed by atoms with Crippen LogP contribution in [0.5, 0.6) is 5.75 Å². The lowest BCUT2D eigenvalue weighted by atomic mass is 10.2. The molecular formula is C14H13NO3. The van der Waals surface area contributed by atoms with E-state index in [2.05, 4.69) is 0 Å². The van der Waals surface area contributed by atoms with Crippen LogP contribution in [0.3, 0.4) is 0 Å². The smallest absolute Gasteiger partial charge is 0.269 e. The van der Waals surface area contributed by atoms with Gasteiger partial charge in [-0.15, -0.1) is 0 Å². The number of hydrogen-bond donors (Lipinski definition) is 0. The molecule has 0 radical (unpaired) electrons. The molecule has 0 spiro atoms. The third-order valence-electron chi connectivity index (χ3n) is 2.61. The van der Waals surface area contributed by atoms with Gasteiger partial charge in [-0.25, -0.2) is 0 Å². The standard InChI is InChI=1S/C14H13NO3/c1-11-5-2-3-8-14(11)18-10-12-6-4-7-13(9-12)15(16)17/h2-9H,10H2,1H3. The van der Waals surface area contributed by atoms with Crippen LogP contribution >= 0.6 is 0 Å². The van der Waals surface area contributed by atoms with Gasteiger partial charge in [0.05, 0.1) is 4.92 Å². The monoisotopic (exact) mass is 243 g/mol. The summed E-state index contributed by atoms with van der Waals surface area (Å²) >= 11 is 0. The first kappa shape index (κ1) is 12.1. The maximum absolute atomic E-state index is 10.6. The molecule has 0 fully saturated rings. The first-order valence-corrected chi connectivity index (χ1v) is 5.58. The van der Waals surface area contributed by atoms with Crippen molar-refractivity contribution in [3.8, 4) is 5.75 Å². The zero-order valence-corrected chi connectivity index (χ0v) is 10.00. The van der Waals surface area contributed by atoms with Crippen molar-refractivity contribution in [2.75, 3.05) is 0 Å². The Morgan fingerprint density at radius 3 is 2.67 bits per heavy atom. The first-order chi connectivity index (χ1) is 8.66. The molecule has 0 N–H and O–H groups in total. The van der Waals surface area contributed by atoms with E-state index in [0.29, 0.717) is 6.61 Å². The number of non-ortho nitro benzene ring substituents is 1. The molecule has 4 heteroatoms. The summed E-state index contributed by atoms with van der Waals surface area (Å²) in [4.78, 5) is 10.2. The van der Waals surface area contributed by atoms with Gasteiger partial charge in [-0.2, -0.15) is 0 Å². The molecule has 2 rings (SSSR count). The number of nitrogens with zero attached hydrogens (tertiary/aromatic N) is 1. The second kappa shape index (κ2) is 5.31. The summed E-state index contributed by atoms with van der Waals surface area (Å²) in [6, 6.07) is 14.1. The number of nitro benzene ring substituents is 1. The molecule has 0 heterocycles. The van der Waals surface area contributed by atoms with E-state index in [1.54, 1.807) is 6.07 Å². The number of hydrogen-bond acceptors (Lipinski definition) is 3. The molecule has 0 aliphatic rings. The van der Waals surface area contributed by atoms with Crippen LogP contribution < -0.4 is 4.74 Å². The topological polar surface area (TPSA) is 52.4 Å². The highest BCUT2D eigenvalue weighted by Gasteiger charge is 2.06. The van der Waals surface area contributed by atoms with Crippen molar-refractivity contribution in [2.24, 2.45) is 0 Å². The van der Waals surface area contributed by atoms with Crippen molar-refractivity contribution in [2.45, 2.75) is 13.5 Å². The van der Waals surface area contributed by atoms with Crippen LogP contribution in [0.15, 0.2) is 48.5 Å². The molecule has 0 saturated carbocycles. The lowest BCUT2D eigenvalue weighted by molar-refractivity contribution is -0.384. The second-order valence-electron chi connectivity index (χ2n) is 3.98. The number of rotatable bonds is 4. The van der Waals surface area contributed by atoms with E-state index in [1.807, 2.05) is 37.3 Å². The summed E-state index contributed by atoms with van der Waals surface area (Å²) in [5, 5.41) is 10.6. The Labute approximate surface area is 105 Å². The maximum atomic E-state index is 10.6. The molecule has 18 heavy (non-hydrogen) atoms. The van der Waals surface area contributed by atoms with E-state index >= 15 is 0 Å². The maximum Gasteiger partial charge on any atom is 0.269 e. The van der Waals surface area contributed by atoms with E-state index < -0.39 is 4.92 Å². The minimum atomic E-state index is -0.405. The molecule has 0 unspecified atom stereocenters. The van der Waals surface area contributed by atoms with Gasteiger partial charge in [0.1, 0.15) is 12.4 Å². The summed E-state index contributed by atoms with van der Waals surface area (Å²) in [5.41, 5.74) is 1.91. The SMILES string of the molecule is Cc1ccccc1OCc1cccc([N+](=O)[O-])c1. The third-order valence-corrected chi connectivity index (χ3v) is 2.61. The first-order valence-electron chi connectivity index (χ1n) is 5.58. The van der Waals surface area contributed by atoms with E-state index in [0.717, 1.165) is 16.9 Å². The molecule has 0 saturated heterocycles. The fraction of sp³-hybridized carbons (Fsp3) is 0.143. The van der Waals surface area contributed by atoms with Crippen LogP contribution in [0.1, 0.15) is 11.1 Å². The predicted molar refractivity (Wildman–Crippen MR) is 68.6 cm³/mol. The summed E-state index contributed by atoms with van der Waals surface area (Å²) in [7, 11) is 0. The minimum Gasteiger partial charge on any atom is -0.489 e. The van der Waals surface area contributed by atoms with Crippen LogP contribution in [-0.4, -0.2) is 4.92 Å². The van der Waals surface area contributed by atoms with Gasteiger partial charge in [0, 0.05) is 12.1 Å². The average Bonchev–Trinajstić information content (AvgIpc) is 2.38. The summed E-state index contributed by atoms with van der Waals surface area (Å²) in [5.74, 6) is 0.795. The van der Waals surface area contributed by atoms with E-state index in [9.17, 15) is 10.1 Å². The molecule has 92 valence electrons. The van der Waals surface area contributed by atoms with Crippen LogP contribution in [0, 0.1) is 17.0 Å². The molecule has 0 aliphatic heterocycles. The fourth-order valence-electron chi connectivity index (χ4n) is 1.64. The predicted octanol–water partition coefficient (Wildman–Crippen LogP) is 3.48. The molecule has 2 aromatic rings. The van der Waals surface area contributed by atoms with Gasteiger partial charge in [0.25, 0.3) is 5.69 Å². The number of benzene rings is 2. The van der Waals surface area contributed by atoms with Crippen LogP contribution in [-0.2, 0) is 6.61 Å². The highest BCUT2D eigenvalue weighted by molar-refractivity contribution is 5.35. The van der Waals surface area contributed by atoms with Crippen molar-refractivity contribution in [3.05, 3.63) is 69.8 Å². The van der Waals surface area contributed by atoms with Gasteiger partial charge in [0.15, 0.2) is 0 Å². The van der Waals surface area contributed by atoms with Gasteiger partial charge in [0.2, 0.25) is 0 Å². The highest BCUT2D eigenvalue weighted by atomic mass is 16.6. The Balaban J connectivity index is 2.09. The number of ether oxygens (including phenoxy) is 1. The highest BCUT2D eigenvalue weighted by Crippen LogP contribution is 2.19. The van der Waals surface area contributed by atoms with Crippen molar-refractivity contribution in [3.63, 3.8) is 0 Å². The van der Waals surface area contributed by atoms with Crippen LogP contribution in [0.25, 0.3) is 0 Å². The van der Waals surface area contributed by atoms with Gasteiger partial charge >= 0.3 is 0 Å². The minimum absolute atomic E-state index is 0.0842. The van der Waals surface area contributed by atoms with Gasteiger partial charge in [-0.05, 0) is 24.1 Å². The van der Waals surface area contributed by atoms with Gasteiger partial charge in [-0.3, -0.25) is 10.1 Å². The third kappa shape index (κ3) is 2.85. The lowest BCUT2D eigenvalue weighted by Gasteiger charge is -2.08. The molecule has 0 amide bonds. The fourth-order valence-corrected chi connectivity index (χ4v) is 1.64. The zero-order chi connectivity index (χ0) is 13.0. The van der Waals surface area contributed by atoms with Crippen molar-refractivity contribution in [1.82, 2.24) is 0 Å². The Kier molecular flexibility index (Phi) is 3.57. The molecule has 0 atom stereocenters. The number of para-hydroxylation sites is 1. The van der Waals surface area contributed by atoms with Crippen molar-refractivity contribution in [1.29, 1.82) is 0 Å². The molecular weight excluding hydrogens is 230 g/mol. The molecule has 2 aromatic carbocycles. The molecule has 0 aliphatic carbocycles. The average molecular weight is 243 g/mol. The Hall–Kier alpha value is -2.36. The van der Waals surface area contributed by atoms with Gasteiger partial charge < -0.3 is 4.74 Å². The number of nitro groups is 1. The molecule has 4 nitrogen and oxygen atoms in total. The van der Waals surface area contributed by atoms with E-state index in [4.69, 9.17) is 4.74 Å². The van der Waals surface area contributed by atoms with Crippen molar-refractivity contribution >= 4 is 5.69 Å². The van der Waals surface area contributed by atoms with Crippen molar-refractivity contribution < 1.29 is 9.66 Å². The summed E-state index contributed by atoms with van der Waals surface area (Å²) in [6.45, 7) is 2.29. The normalized spacial score (nSPS) is 10.1. The Morgan fingerprint density at radius 1 is 1.17 bits per heavy atom. The molecule has 0 bridgehead atoms. The quantitative estimate of drug-likeness (QED) is 0.610. The van der Waals surface area contributed by atoms with E-state index in [1.165, 1.54) is 12.1 Å². The molecule has 0 aromatic heterocycles. The van der Waals surface area contributed by atoms with Crippen LogP contribution in [0.4, 0.5) is 5.69 Å². The number of aryl methyl sites for hydroxylation is 1. The zero-order valence-electron chi connectivity index (χ0n) is 10.00. The summed E-state index contributed by atoms with van der Waals surface area (Å²) in [6.07, 6.45) is 0. The van der Waals surface area contributed by atoms with E-state index in [-0.39, 0.29) is 5.69 Å². The lowest BCUT2D eigenvalue weighted by Crippen LogP contribution is -1.98. The Morgan fingerprint density at radius 2 is 1.94 bits per heavy atom. The largest absolute Gasteiger partial charge is 0.489 e.